The monoisotopic (exact) mass is 412 g/mol. The van der Waals surface area contributed by atoms with E-state index in [-0.39, 0.29) is 25.0 Å². The number of rotatable bonds is 5. The molecule has 2 N–H and O–H groups in total. The number of fused-ring (bicyclic) bond motifs is 3. The summed E-state index contributed by atoms with van der Waals surface area (Å²) in [5.41, 5.74) is 6.44. The van der Waals surface area contributed by atoms with Crippen LogP contribution >= 0.6 is 0 Å². The zero-order chi connectivity index (χ0) is 21.4. The first kappa shape index (κ1) is 19.5. The van der Waals surface area contributed by atoms with Crippen LogP contribution in [0.3, 0.4) is 0 Å². The largest absolute Gasteiger partial charge is 0.396 e. The molecule has 31 heavy (non-hydrogen) atoms. The summed E-state index contributed by atoms with van der Waals surface area (Å²) in [5.74, 6) is 0.0244. The van der Waals surface area contributed by atoms with Crippen molar-refractivity contribution >= 4 is 22.4 Å². The number of nitriles is 1. The Labute approximate surface area is 181 Å². The van der Waals surface area contributed by atoms with E-state index < -0.39 is 0 Å². The molecule has 2 aromatic carbocycles. The molecule has 0 radical (unpaired) electrons. The lowest BCUT2D eigenvalue weighted by Gasteiger charge is -2.33. The number of piperidine rings is 1. The lowest BCUT2D eigenvalue weighted by Crippen LogP contribution is -2.42. The Morgan fingerprint density at radius 3 is 2.77 bits per heavy atom. The Morgan fingerprint density at radius 1 is 1.23 bits per heavy atom. The van der Waals surface area contributed by atoms with E-state index in [2.05, 4.69) is 34.6 Å². The molecule has 6 rings (SSSR count). The third kappa shape index (κ3) is 3.62. The molecule has 6 heteroatoms. The maximum Gasteiger partial charge on any atom is 0.224 e. The van der Waals surface area contributed by atoms with Crippen LogP contribution in [-0.4, -0.2) is 46.6 Å². The zero-order valence-corrected chi connectivity index (χ0v) is 17.3. The molecule has 1 aliphatic heterocycles. The zero-order valence-electron chi connectivity index (χ0n) is 17.3. The number of carbonyl (C=O) groups excluding carboxylic acids is 1. The predicted molar refractivity (Wildman–Crippen MR) is 120 cm³/mol. The van der Waals surface area contributed by atoms with Gasteiger partial charge in [-0.15, -0.1) is 0 Å². The molecule has 1 aromatic heterocycles. The fourth-order valence-corrected chi connectivity index (χ4v) is 4.66. The number of likely N-dealkylation sites (tertiary alicyclic amines) is 1. The summed E-state index contributed by atoms with van der Waals surface area (Å²) in [7, 11) is 0. The highest BCUT2D eigenvalue weighted by Crippen LogP contribution is 2.39. The summed E-state index contributed by atoms with van der Waals surface area (Å²) < 4.78 is 0. The van der Waals surface area contributed by atoms with E-state index in [0.717, 1.165) is 58.0 Å². The second-order valence-corrected chi connectivity index (χ2v) is 8.35. The number of hydrogen-bond donors (Lipinski definition) is 2. The molecule has 2 bridgehead atoms. The van der Waals surface area contributed by atoms with Gasteiger partial charge in [0.25, 0.3) is 0 Å². The molecule has 0 saturated carbocycles. The lowest BCUT2D eigenvalue weighted by atomic mass is 9.81. The summed E-state index contributed by atoms with van der Waals surface area (Å²) in [6.07, 6.45) is 6.48. The molecule has 2 aliphatic carbocycles. The van der Waals surface area contributed by atoms with Crippen LogP contribution in [0.1, 0.15) is 36.0 Å². The Bertz CT molecular complexity index is 1210. The summed E-state index contributed by atoms with van der Waals surface area (Å²) in [6, 6.07) is 13.1. The summed E-state index contributed by atoms with van der Waals surface area (Å²) in [6.45, 7) is 1.30. The quantitative estimate of drug-likeness (QED) is 0.524. The topological polar surface area (TPSA) is 89.2 Å². The standard InChI is InChI=1S/C25H24N4O2/c26-14-20-12-22(18-10-17(20)11-18)19-9-16-1-5-27-15-23(16)24(13-19)28-21-2-6-29(7-3-21)25(31)4-8-30/h1,5,9-10,12-13,15,21,28,30H,2-4,6-8,11H2. The Balaban J connectivity index is 1.43. The Hall–Kier alpha value is -3.43. The maximum absolute atomic E-state index is 12.0. The van der Waals surface area contributed by atoms with Crippen molar-refractivity contribution in [2.75, 3.05) is 25.0 Å². The van der Waals surface area contributed by atoms with Crippen molar-refractivity contribution in [2.45, 2.75) is 31.7 Å². The molecule has 1 fully saturated rings. The van der Waals surface area contributed by atoms with Gasteiger partial charge in [-0.1, -0.05) is 6.07 Å². The SMILES string of the molecule is N#Cc1cc(-c2cc(NC3CCN(C(=O)CCO)CC3)c3cnccc3c2)c2cc1C2. The number of pyridine rings is 1. The average Bonchev–Trinajstić information content (AvgIpc) is 2.78. The average molecular weight is 412 g/mol. The van der Waals surface area contributed by atoms with E-state index >= 15 is 0 Å². The van der Waals surface area contributed by atoms with Crippen LogP contribution in [-0.2, 0) is 11.2 Å². The second-order valence-electron chi connectivity index (χ2n) is 8.35. The van der Waals surface area contributed by atoms with Gasteiger partial charge in [-0.3, -0.25) is 9.78 Å². The fraction of sp³-hybridized carbons (Fsp3) is 0.320. The van der Waals surface area contributed by atoms with Gasteiger partial charge in [-0.25, -0.2) is 0 Å². The number of carbonyl (C=O) groups is 1. The Morgan fingerprint density at radius 2 is 2.03 bits per heavy atom. The van der Waals surface area contributed by atoms with Crippen molar-refractivity contribution in [1.29, 1.82) is 5.26 Å². The molecule has 1 amide bonds. The molecule has 2 heterocycles. The number of aromatic nitrogens is 1. The molecule has 0 unspecified atom stereocenters. The lowest BCUT2D eigenvalue weighted by molar-refractivity contribution is -0.132. The number of benzene rings is 2. The van der Waals surface area contributed by atoms with E-state index in [1.807, 2.05) is 23.2 Å². The molecule has 6 nitrogen and oxygen atoms in total. The van der Waals surface area contributed by atoms with Crippen LogP contribution < -0.4 is 5.32 Å². The smallest absolute Gasteiger partial charge is 0.224 e. The molecular weight excluding hydrogens is 388 g/mol. The second kappa shape index (κ2) is 8.01. The van der Waals surface area contributed by atoms with Gasteiger partial charge in [-0.2, -0.15) is 5.26 Å². The minimum atomic E-state index is -0.0979. The highest BCUT2D eigenvalue weighted by molar-refractivity contribution is 5.98. The maximum atomic E-state index is 12.0. The van der Waals surface area contributed by atoms with Crippen LogP contribution in [0.2, 0.25) is 0 Å². The first-order chi connectivity index (χ1) is 15.2. The summed E-state index contributed by atoms with van der Waals surface area (Å²) in [5, 5.41) is 24.3. The van der Waals surface area contributed by atoms with Crippen LogP contribution in [0.5, 0.6) is 0 Å². The van der Waals surface area contributed by atoms with Crippen LogP contribution in [0.25, 0.3) is 21.9 Å². The van der Waals surface area contributed by atoms with Crippen molar-refractivity contribution < 1.29 is 9.90 Å². The van der Waals surface area contributed by atoms with Gasteiger partial charge in [0.2, 0.25) is 5.91 Å². The number of amides is 1. The van der Waals surface area contributed by atoms with E-state index in [0.29, 0.717) is 13.1 Å². The van der Waals surface area contributed by atoms with Crippen LogP contribution in [0.4, 0.5) is 5.69 Å². The third-order valence-corrected chi connectivity index (χ3v) is 6.43. The number of anilines is 1. The van der Waals surface area contributed by atoms with Crippen molar-refractivity contribution in [3.63, 3.8) is 0 Å². The van der Waals surface area contributed by atoms with E-state index in [1.165, 1.54) is 5.56 Å². The minimum Gasteiger partial charge on any atom is -0.396 e. The minimum absolute atomic E-state index is 0.0244. The summed E-state index contributed by atoms with van der Waals surface area (Å²) in [4.78, 5) is 18.2. The highest BCUT2D eigenvalue weighted by atomic mass is 16.3. The van der Waals surface area contributed by atoms with E-state index in [4.69, 9.17) is 5.11 Å². The van der Waals surface area contributed by atoms with Crippen LogP contribution in [0, 0.1) is 11.3 Å². The molecule has 1 saturated heterocycles. The van der Waals surface area contributed by atoms with Gasteiger partial charge in [0.15, 0.2) is 0 Å². The molecule has 0 spiro atoms. The van der Waals surface area contributed by atoms with Gasteiger partial charge in [-0.05, 0) is 71.2 Å². The van der Waals surface area contributed by atoms with Crippen LogP contribution in [0.15, 0.2) is 42.7 Å². The van der Waals surface area contributed by atoms with Crippen molar-refractivity contribution in [1.82, 2.24) is 9.88 Å². The first-order valence-electron chi connectivity index (χ1n) is 10.8. The van der Waals surface area contributed by atoms with Gasteiger partial charge in [0.05, 0.1) is 18.2 Å². The third-order valence-electron chi connectivity index (χ3n) is 6.43. The van der Waals surface area contributed by atoms with Gasteiger partial charge < -0.3 is 15.3 Å². The van der Waals surface area contributed by atoms with Gasteiger partial charge in [0.1, 0.15) is 0 Å². The van der Waals surface area contributed by atoms with Crippen molar-refractivity contribution in [2.24, 2.45) is 0 Å². The number of aliphatic hydroxyl groups is 1. The molecule has 3 aromatic rings. The molecule has 0 atom stereocenters. The molecular formula is C25H24N4O2. The van der Waals surface area contributed by atoms with Gasteiger partial charge in [0, 0.05) is 49.0 Å². The van der Waals surface area contributed by atoms with Gasteiger partial charge >= 0.3 is 0 Å². The highest BCUT2D eigenvalue weighted by Gasteiger charge is 2.24. The number of nitrogens with one attached hydrogen (secondary N) is 1. The van der Waals surface area contributed by atoms with Crippen molar-refractivity contribution in [3.8, 4) is 17.2 Å². The molecule has 3 aliphatic rings. The first-order valence-corrected chi connectivity index (χ1v) is 10.8. The van der Waals surface area contributed by atoms with E-state index in [9.17, 15) is 10.1 Å². The van der Waals surface area contributed by atoms with Crippen molar-refractivity contribution in [3.05, 3.63) is 59.4 Å². The normalized spacial score (nSPS) is 15.4. The number of nitrogens with zero attached hydrogens (tertiary/aromatic N) is 3. The van der Waals surface area contributed by atoms with E-state index in [1.54, 1.807) is 6.20 Å². The fourth-order valence-electron chi connectivity index (χ4n) is 4.66. The number of aliphatic hydroxyl groups excluding tert-OH is 1. The number of hydrogen-bond acceptors (Lipinski definition) is 5. The predicted octanol–water partition coefficient (Wildman–Crippen LogP) is 3.46. The Kier molecular flexibility index (Phi) is 5.05. The molecule has 156 valence electrons. The summed E-state index contributed by atoms with van der Waals surface area (Å²) >= 11 is 0.